The number of halogens is 1. The number of carbonyl (C=O) groups is 1. The third kappa shape index (κ3) is 5.89. The fourth-order valence-corrected chi connectivity index (χ4v) is 6.42. The second-order valence-corrected chi connectivity index (χ2v) is 10.1. The lowest BCUT2D eigenvalue weighted by Crippen LogP contribution is -2.14. The van der Waals surface area contributed by atoms with Crippen LogP contribution in [0.4, 0.5) is 0 Å². The highest BCUT2D eigenvalue weighted by Gasteiger charge is 2.29. The van der Waals surface area contributed by atoms with Crippen molar-refractivity contribution in [1.82, 2.24) is 0 Å². The maximum atomic E-state index is 12.4. The van der Waals surface area contributed by atoms with Gasteiger partial charge >= 0.3 is 5.97 Å². The summed E-state index contributed by atoms with van der Waals surface area (Å²) in [5, 5.41) is 0.593. The molecule has 3 rings (SSSR count). The predicted molar refractivity (Wildman–Crippen MR) is 107 cm³/mol. The summed E-state index contributed by atoms with van der Waals surface area (Å²) in [6.07, 6.45) is 0.602. The molecule has 8 heteroatoms. The number of carbonyl (C=O) groups excluding carboxylic acids is 1. The van der Waals surface area contributed by atoms with Gasteiger partial charge in [0.05, 0.1) is 17.1 Å². The first kappa shape index (κ1) is 20.0. The van der Waals surface area contributed by atoms with Gasteiger partial charge in [-0.1, -0.05) is 23.7 Å². The first-order chi connectivity index (χ1) is 12.9. The van der Waals surface area contributed by atoms with Gasteiger partial charge in [0.1, 0.15) is 19.0 Å². The van der Waals surface area contributed by atoms with Gasteiger partial charge in [-0.3, -0.25) is 0 Å². The van der Waals surface area contributed by atoms with Crippen LogP contribution in [0.5, 0.6) is 5.75 Å². The van der Waals surface area contributed by atoms with Crippen LogP contribution in [0, 0.1) is 0 Å². The van der Waals surface area contributed by atoms with Crippen molar-refractivity contribution in [2.75, 3.05) is 24.7 Å². The second-order valence-electron chi connectivity index (χ2n) is 6.08. The molecule has 2 aromatic carbocycles. The molecule has 0 spiro atoms. The van der Waals surface area contributed by atoms with Crippen molar-refractivity contribution in [3.63, 3.8) is 0 Å². The fourth-order valence-electron chi connectivity index (χ4n) is 2.67. The molecule has 0 amide bonds. The van der Waals surface area contributed by atoms with Crippen LogP contribution in [-0.4, -0.2) is 44.4 Å². The Bertz CT molecular complexity index is 897. The van der Waals surface area contributed by atoms with Gasteiger partial charge in [-0.15, -0.1) is 11.8 Å². The number of hydrogen-bond donors (Lipinski definition) is 0. The van der Waals surface area contributed by atoms with Crippen LogP contribution in [-0.2, 0) is 14.6 Å². The molecule has 0 saturated carbocycles. The number of rotatable bonds is 7. The van der Waals surface area contributed by atoms with Gasteiger partial charge in [0, 0.05) is 15.2 Å². The van der Waals surface area contributed by atoms with E-state index in [2.05, 4.69) is 0 Å². The number of sulfone groups is 1. The van der Waals surface area contributed by atoms with Crippen LogP contribution in [0.25, 0.3) is 0 Å². The number of esters is 1. The third-order valence-corrected chi connectivity index (χ3v) is 7.57. The largest absolute Gasteiger partial charge is 0.490 e. The van der Waals surface area contributed by atoms with Crippen molar-refractivity contribution in [2.45, 2.75) is 16.6 Å². The van der Waals surface area contributed by atoms with Crippen molar-refractivity contribution in [3.8, 4) is 5.75 Å². The molecule has 1 aliphatic heterocycles. The lowest BCUT2D eigenvalue weighted by molar-refractivity contribution is 0.0446. The minimum Gasteiger partial charge on any atom is -0.490 e. The van der Waals surface area contributed by atoms with Crippen LogP contribution in [0.2, 0.25) is 5.02 Å². The molecule has 144 valence electrons. The summed E-state index contributed by atoms with van der Waals surface area (Å²) in [4.78, 5) is 13.1. The summed E-state index contributed by atoms with van der Waals surface area (Å²) in [5.41, 5.74) is 0.443. The smallest absolute Gasteiger partial charge is 0.339 e. The Balaban J connectivity index is 1.53. The highest BCUT2D eigenvalue weighted by atomic mass is 35.5. The van der Waals surface area contributed by atoms with Crippen LogP contribution in [0.3, 0.4) is 0 Å². The second kappa shape index (κ2) is 8.99. The van der Waals surface area contributed by atoms with Crippen LogP contribution >= 0.6 is 23.4 Å². The summed E-state index contributed by atoms with van der Waals surface area (Å²) >= 11 is 7.24. The van der Waals surface area contributed by atoms with E-state index in [1.165, 1.54) is 11.8 Å². The van der Waals surface area contributed by atoms with E-state index in [-0.39, 0.29) is 30.0 Å². The Morgan fingerprint density at radius 2 is 1.85 bits per heavy atom. The Morgan fingerprint density at radius 1 is 1.11 bits per heavy atom. The molecule has 0 aliphatic carbocycles. The number of thioether (sulfide) groups is 1. The van der Waals surface area contributed by atoms with Gasteiger partial charge in [-0.2, -0.15) is 0 Å². The van der Waals surface area contributed by atoms with Gasteiger partial charge in [-0.05, 0) is 42.8 Å². The summed E-state index contributed by atoms with van der Waals surface area (Å²) in [5.74, 6) is 0.558. The van der Waals surface area contributed by atoms with E-state index in [0.29, 0.717) is 22.8 Å². The van der Waals surface area contributed by atoms with Gasteiger partial charge in [0.25, 0.3) is 0 Å². The van der Waals surface area contributed by atoms with Crippen molar-refractivity contribution in [3.05, 3.63) is 59.1 Å². The first-order valence-corrected chi connectivity index (χ1v) is 11.5. The van der Waals surface area contributed by atoms with Crippen molar-refractivity contribution in [2.24, 2.45) is 0 Å². The lowest BCUT2D eigenvalue weighted by atomic mass is 10.2. The summed E-state index contributed by atoms with van der Waals surface area (Å²) < 4.78 is 34.1. The summed E-state index contributed by atoms with van der Waals surface area (Å²) in [6, 6.07) is 14.0. The van der Waals surface area contributed by atoms with E-state index in [1.807, 2.05) is 12.1 Å². The molecule has 5 nitrogen and oxygen atoms in total. The van der Waals surface area contributed by atoms with E-state index in [4.69, 9.17) is 21.1 Å². The minimum absolute atomic E-state index is 0.0304. The van der Waals surface area contributed by atoms with E-state index in [9.17, 15) is 13.2 Å². The molecule has 0 unspecified atom stereocenters. The first-order valence-electron chi connectivity index (χ1n) is 8.44. The molecular weight excluding hydrogens is 408 g/mol. The third-order valence-electron chi connectivity index (χ3n) is 3.99. The number of ether oxygens (including phenoxy) is 2. The molecule has 1 heterocycles. The Hall–Kier alpha value is -1.70. The van der Waals surface area contributed by atoms with E-state index >= 15 is 0 Å². The monoisotopic (exact) mass is 426 g/mol. The van der Waals surface area contributed by atoms with Crippen LogP contribution in [0.1, 0.15) is 16.8 Å². The average Bonchev–Trinajstić information content (AvgIpc) is 2.99. The Morgan fingerprint density at radius 3 is 2.56 bits per heavy atom. The van der Waals surface area contributed by atoms with Gasteiger partial charge in [-0.25, -0.2) is 13.2 Å². The quantitative estimate of drug-likeness (QED) is 0.494. The van der Waals surface area contributed by atoms with Crippen LogP contribution in [0.15, 0.2) is 53.4 Å². The molecule has 0 radical (unpaired) electrons. The fraction of sp³-hybridized carbons (Fsp3) is 0.316. The molecule has 0 aromatic heterocycles. The molecule has 27 heavy (non-hydrogen) atoms. The zero-order valence-corrected chi connectivity index (χ0v) is 16.9. The molecule has 1 fully saturated rings. The molecule has 0 bridgehead atoms. The van der Waals surface area contributed by atoms with Crippen molar-refractivity contribution >= 4 is 39.2 Å². The van der Waals surface area contributed by atoms with Gasteiger partial charge in [0.15, 0.2) is 9.84 Å². The van der Waals surface area contributed by atoms with E-state index in [1.54, 1.807) is 36.4 Å². The van der Waals surface area contributed by atoms with Crippen LogP contribution < -0.4 is 4.74 Å². The highest BCUT2D eigenvalue weighted by molar-refractivity contribution is 8.02. The zero-order valence-electron chi connectivity index (χ0n) is 14.5. The number of benzene rings is 2. The Kier molecular flexibility index (Phi) is 6.68. The topological polar surface area (TPSA) is 69.7 Å². The maximum Gasteiger partial charge on any atom is 0.339 e. The van der Waals surface area contributed by atoms with E-state index in [0.717, 1.165) is 4.90 Å². The molecule has 1 saturated heterocycles. The van der Waals surface area contributed by atoms with E-state index < -0.39 is 15.8 Å². The molecule has 1 aliphatic rings. The predicted octanol–water partition coefficient (Wildman–Crippen LogP) is 3.86. The zero-order chi connectivity index (χ0) is 19.3. The minimum atomic E-state index is -2.96. The lowest BCUT2D eigenvalue weighted by Gasteiger charge is -2.12. The maximum absolute atomic E-state index is 12.4. The Labute approximate surface area is 167 Å². The van der Waals surface area contributed by atoms with Gasteiger partial charge < -0.3 is 9.47 Å². The molecule has 2 aromatic rings. The van der Waals surface area contributed by atoms with Gasteiger partial charge in [0.2, 0.25) is 0 Å². The molecule has 0 N–H and O–H groups in total. The average molecular weight is 427 g/mol. The highest BCUT2D eigenvalue weighted by Crippen LogP contribution is 2.33. The molecule has 1 atom stereocenters. The molecular formula is C19H19ClO5S2. The SMILES string of the molecule is O=C(OCCOc1ccc(Cl)cc1)c1ccccc1S[C@H]1CCS(=O)(=O)C1. The summed E-state index contributed by atoms with van der Waals surface area (Å²) in [7, 11) is -2.96. The normalized spacial score (nSPS) is 18.2. The summed E-state index contributed by atoms with van der Waals surface area (Å²) in [6.45, 7) is 0.335. The van der Waals surface area contributed by atoms with Crippen molar-refractivity contribution in [1.29, 1.82) is 0 Å². The number of hydrogen-bond acceptors (Lipinski definition) is 6. The van der Waals surface area contributed by atoms with Crippen molar-refractivity contribution < 1.29 is 22.7 Å². The standard InChI is InChI=1S/C19H19ClO5S2/c20-14-5-7-15(8-6-14)24-10-11-25-19(21)17-3-1-2-4-18(17)26-16-9-12-27(22,23)13-16/h1-8,16H,9-13H2/t16-/m0/s1.